The zero-order valence-corrected chi connectivity index (χ0v) is 21.5. The summed E-state index contributed by atoms with van der Waals surface area (Å²) in [6, 6.07) is 10.6. The lowest BCUT2D eigenvalue weighted by Crippen LogP contribution is -2.13. The van der Waals surface area contributed by atoms with Crippen LogP contribution < -0.4 is 5.32 Å². The Bertz CT molecular complexity index is 1360. The Balaban J connectivity index is 1.73. The lowest BCUT2D eigenvalue weighted by Gasteiger charge is -2.13. The SMILES string of the molecule is CCOC(=O)c1c(-n2c(C)cc(/C=C(\C#N)C(=O)Nc3ccc(Cl)cc3)c2C)sc2c1CCCC2. The predicted molar refractivity (Wildman–Crippen MR) is 139 cm³/mol. The number of carbonyl (C=O) groups is 2. The van der Waals surface area contributed by atoms with E-state index in [9.17, 15) is 14.9 Å². The number of thiophene rings is 1. The van der Waals surface area contributed by atoms with E-state index in [2.05, 4.69) is 5.32 Å². The minimum Gasteiger partial charge on any atom is -0.462 e. The minimum absolute atomic E-state index is 0.0173. The molecule has 180 valence electrons. The number of esters is 1. The molecule has 0 unspecified atom stereocenters. The topological polar surface area (TPSA) is 84.1 Å². The normalized spacial score (nSPS) is 13.2. The number of hydrogen-bond acceptors (Lipinski definition) is 5. The van der Waals surface area contributed by atoms with Gasteiger partial charge < -0.3 is 14.6 Å². The molecule has 1 aromatic carbocycles. The van der Waals surface area contributed by atoms with Crippen molar-refractivity contribution in [3.05, 3.63) is 73.9 Å². The Morgan fingerprint density at radius 2 is 1.94 bits per heavy atom. The average molecular weight is 508 g/mol. The molecule has 1 N–H and O–H groups in total. The summed E-state index contributed by atoms with van der Waals surface area (Å²) in [5, 5.41) is 13.8. The average Bonchev–Trinajstić information content (AvgIpc) is 3.35. The zero-order valence-electron chi connectivity index (χ0n) is 19.9. The first kappa shape index (κ1) is 24.8. The van der Waals surface area contributed by atoms with Crippen LogP contribution in [0.5, 0.6) is 0 Å². The number of aryl methyl sites for hydroxylation is 2. The van der Waals surface area contributed by atoms with E-state index < -0.39 is 5.91 Å². The second-order valence-electron chi connectivity index (χ2n) is 8.40. The van der Waals surface area contributed by atoms with Gasteiger partial charge in [0.1, 0.15) is 16.6 Å². The molecular weight excluding hydrogens is 482 g/mol. The lowest BCUT2D eigenvalue weighted by atomic mass is 9.95. The van der Waals surface area contributed by atoms with Crippen molar-refractivity contribution in [2.45, 2.75) is 46.5 Å². The number of hydrogen-bond donors (Lipinski definition) is 1. The van der Waals surface area contributed by atoms with Crippen molar-refractivity contribution >= 4 is 46.6 Å². The van der Waals surface area contributed by atoms with Crippen molar-refractivity contribution < 1.29 is 14.3 Å². The van der Waals surface area contributed by atoms with Crippen LogP contribution in [0.25, 0.3) is 11.1 Å². The van der Waals surface area contributed by atoms with Crippen molar-refractivity contribution in [2.75, 3.05) is 11.9 Å². The molecule has 6 nitrogen and oxygen atoms in total. The highest BCUT2D eigenvalue weighted by Crippen LogP contribution is 2.39. The first-order valence-electron chi connectivity index (χ1n) is 11.5. The van der Waals surface area contributed by atoms with Gasteiger partial charge in [0.15, 0.2) is 0 Å². The zero-order chi connectivity index (χ0) is 25.1. The van der Waals surface area contributed by atoms with Gasteiger partial charge in [-0.2, -0.15) is 5.26 Å². The predicted octanol–water partition coefficient (Wildman–Crippen LogP) is 6.41. The Kier molecular flexibility index (Phi) is 7.44. The Morgan fingerprint density at radius 1 is 1.23 bits per heavy atom. The van der Waals surface area contributed by atoms with Gasteiger partial charge in [-0.3, -0.25) is 4.79 Å². The Morgan fingerprint density at radius 3 is 2.63 bits per heavy atom. The smallest absolute Gasteiger partial charge is 0.341 e. The summed E-state index contributed by atoms with van der Waals surface area (Å²) in [6.45, 7) is 6.01. The summed E-state index contributed by atoms with van der Waals surface area (Å²) < 4.78 is 7.45. The molecule has 0 fully saturated rings. The number of nitriles is 1. The number of anilines is 1. The first-order valence-corrected chi connectivity index (χ1v) is 12.7. The fraction of sp³-hybridized carbons (Fsp3) is 0.296. The number of nitrogens with zero attached hydrogens (tertiary/aromatic N) is 2. The van der Waals surface area contributed by atoms with Crippen LogP contribution in [-0.4, -0.2) is 23.1 Å². The van der Waals surface area contributed by atoms with Gasteiger partial charge in [0.25, 0.3) is 5.91 Å². The number of ether oxygens (including phenoxy) is 1. The van der Waals surface area contributed by atoms with Gasteiger partial charge in [-0.05, 0) is 94.0 Å². The molecule has 1 amide bonds. The van der Waals surface area contributed by atoms with Gasteiger partial charge in [-0.15, -0.1) is 11.3 Å². The number of aromatic nitrogens is 1. The summed E-state index contributed by atoms with van der Waals surface area (Å²) in [4.78, 5) is 27.0. The van der Waals surface area contributed by atoms with E-state index in [4.69, 9.17) is 16.3 Å². The third-order valence-corrected chi connectivity index (χ3v) is 7.60. The second-order valence-corrected chi connectivity index (χ2v) is 9.92. The number of amides is 1. The minimum atomic E-state index is -0.501. The van der Waals surface area contributed by atoms with Crippen molar-refractivity contribution in [3.8, 4) is 11.1 Å². The van der Waals surface area contributed by atoms with E-state index >= 15 is 0 Å². The molecule has 1 aliphatic carbocycles. The number of fused-ring (bicyclic) bond motifs is 1. The third-order valence-electron chi connectivity index (χ3n) is 6.07. The van der Waals surface area contributed by atoms with Gasteiger partial charge in [-0.1, -0.05) is 11.6 Å². The van der Waals surface area contributed by atoms with Gasteiger partial charge in [-0.25, -0.2) is 4.79 Å². The molecule has 8 heteroatoms. The molecule has 0 bridgehead atoms. The van der Waals surface area contributed by atoms with Crippen LogP contribution in [0.3, 0.4) is 0 Å². The van der Waals surface area contributed by atoms with Crippen LogP contribution in [0.1, 0.15) is 57.5 Å². The largest absolute Gasteiger partial charge is 0.462 e. The van der Waals surface area contributed by atoms with Crippen LogP contribution in [-0.2, 0) is 22.4 Å². The van der Waals surface area contributed by atoms with Crippen LogP contribution in [0.4, 0.5) is 5.69 Å². The van der Waals surface area contributed by atoms with Gasteiger partial charge >= 0.3 is 5.97 Å². The third kappa shape index (κ3) is 5.04. The maximum absolute atomic E-state index is 13.0. The summed E-state index contributed by atoms with van der Waals surface area (Å²) >= 11 is 7.54. The number of carbonyl (C=O) groups excluding carboxylic acids is 2. The number of halogens is 1. The lowest BCUT2D eigenvalue weighted by molar-refractivity contribution is -0.112. The highest BCUT2D eigenvalue weighted by molar-refractivity contribution is 7.15. The molecule has 1 aliphatic rings. The monoisotopic (exact) mass is 507 g/mol. The van der Waals surface area contributed by atoms with E-state index in [0.717, 1.165) is 53.2 Å². The number of rotatable bonds is 6. The van der Waals surface area contributed by atoms with E-state index in [-0.39, 0.29) is 11.5 Å². The molecule has 0 saturated carbocycles. The highest BCUT2D eigenvalue weighted by Gasteiger charge is 2.28. The summed E-state index contributed by atoms with van der Waals surface area (Å²) in [5.74, 6) is -0.801. The summed E-state index contributed by atoms with van der Waals surface area (Å²) in [6.07, 6.45) is 5.59. The highest BCUT2D eigenvalue weighted by atomic mass is 35.5. The number of nitrogens with one attached hydrogen (secondary N) is 1. The van der Waals surface area contributed by atoms with Crippen molar-refractivity contribution in [1.82, 2.24) is 4.57 Å². The molecular formula is C27H26ClN3O3S. The molecule has 3 aromatic rings. The summed E-state index contributed by atoms with van der Waals surface area (Å²) in [7, 11) is 0. The van der Waals surface area contributed by atoms with E-state index in [1.807, 2.05) is 37.5 Å². The van der Waals surface area contributed by atoms with E-state index in [1.54, 1.807) is 41.7 Å². The molecule has 0 atom stereocenters. The Hall–Kier alpha value is -3.34. The van der Waals surface area contributed by atoms with Crippen molar-refractivity contribution in [1.29, 1.82) is 5.26 Å². The van der Waals surface area contributed by atoms with E-state index in [0.29, 0.717) is 22.9 Å². The van der Waals surface area contributed by atoms with E-state index in [1.165, 1.54) is 4.88 Å². The maximum atomic E-state index is 13.0. The molecule has 2 aromatic heterocycles. The van der Waals surface area contributed by atoms with Crippen molar-refractivity contribution in [2.24, 2.45) is 0 Å². The fourth-order valence-corrected chi connectivity index (χ4v) is 6.02. The maximum Gasteiger partial charge on any atom is 0.341 e. The number of benzene rings is 1. The van der Waals surface area contributed by atoms with Gasteiger partial charge in [0, 0.05) is 27.0 Å². The standard InChI is InChI=1S/C27H26ClN3O3S/c1-4-34-27(33)24-22-7-5-6-8-23(22)35-26(24)31-16(2)13-18(17(31)3)14-19(15-29)25(32)30-21-11-9-20(28)10-12-21/h9-14H,4-8H2,1-3H3,(H,30,32)/b19-14+. The van der Waals surface area contributed by atoms with Crippen LogP contribution in [0.2, 0.25) is 5.02 Å². The molecule has 0 spiro atoms. The molecule has 4 rings (SSSR count). The first-order chi connectivity index (χ1) is 16.8. The Labute approximate surface area is 213 Å². The van der Waals surface area contributed by atoms with Crippen LogP contribution in [0.15, 0.2) is 35.9 Å². The molecule has 0 radical (unpaired) electrons. The fourth-order valence-electron chi connectivity index (χ4n) is 4.40. The van der Waals surface area contributed by atoms with Crippen LogP contribution in [0, 0.1) is 25.2 Å². The van der Waals surface area contributed by atoms with Crippen molar-refractivity contribution in [3.63, 3.8) is 0 Å². The second kappa shape index (κ2) is 10.5. The molecule has 0 aliphatic heterocycles. The molecule has 0 saturated heterocycles. The quantitative estimate of drug-likeness (QED) is 0.237. The molecule has 35 heavy (non-hydrogen) atoms. The van der Waals surface area contributed by atoms with Crippen LogP contribution >= 0.6 is 22.9 Å². The summed E-state index contributed by atoms with van der Waals surface area (Å²) in [5.41, 5.74) is 4.77. The molecule has 2 heterocycles. The van der Waals surface area contributed by atoms with Gasteiger partial charge in [0.2, 0.25) is 0 Å². The van der Waals surface area contributed by atoms with Gasteiger partial charge in [0.05, 0.1) is 12.2 Å².